The molecule has 0 amide bonds. The van der Waals surface area contributed by atoms with Gasteiger partial charge in [-0.1, -0.05) is 19.1 Å². The molecular weight excluding hydrogens is 320 g/mol. The number of aromatic nitrogens is 1. The Kier molecular flexibility index (Phi) is 4.84. The Labute approximate surface area is 126 Å². The summed E-state index contributed by atoms with van der Waals surface area (Å²) in [6.45, 7) is 3.23. The van der Waals surface area contributed by atoms with Gasteiger partial charge in [-0.15, -0.1) is 0 Å². The fraction of sp³-hybridized carbons (Fsp3) is 0.267. The van der Waals surface area contributed by atoms with E-state index in [1.54, 1.807) is 29.0 Å². The fourth-order valence-corrected chi connectivity index (χ4v) is 2.36. The second-order valence-corrected chi connectivity index (χ2v) is 5.40. The molecule has 0 aliphatic heterocycles. The summed E-state index contributed by atoms with van der Waals surface area (Å²) in [6.07, 6.45) is 2.72. The molecule has 2 N–H and O–H groups in total. The number of rotatable bonds is 5. The first-order valence-corrected chi connectivity index (χ1v) is 7.32. The average molecular weight is 337 g/mol. The Morgan fingerprint density at radius 3 is 2.85 bits per heavy atom. The number of nitrogens with one attached hydrogen (secondary N) is 1. The maximum Gasteiger partial charge on any atom is 0.250 e. The van der Waals surface area contributed by atoms with Crippen molar-refractivity contribution in [3.63, 3.8) is 0 Å². The number of hydrogen-bond donors (Lipinski definition) is 2. The highest BCUT2D eigenvalue weighted by Crippen LogP contribution is 2.27. The quantitative estimate of drug-likeness (QED) is 0.880. The number of aromatic hydroxyl groups is 1. The van der Waals surface area contributed by atoms with Crippen LogP contribution < -0.4 is 10.9 Å². The first-order valence-electron chi connectivity index (χ1n) is 6.52. The minimum Gasteiger partial charge on any atom is -0.506 e. The molecule has 0 radical (unpaired) electrons. The molecule has 1 aromatic heterocycles. The highest BCUT2D eigenvalue weighted by Gasteiger charge is 2.05. The summed E-state index contributed by atoms with van der Waals surface area (Å²) in [5, 5.41) is 13.1. The maximum atomic E-state index is 11.6. The van der Waals surface area contributed by atoms with Crippen molar-refractivity contribution < 1.29 is 5.11 Å². The van der Waals surface area contributed by atoms with Gasteiger partial charge in [0.15, 0.2) is 0 Å². The predicted molar refractivity (Wildman–Crippen MR) is 84.1 cm³/mol. The number of anilines is 1. The van der Waals surface area contributed by atoms with Gasteiger partial charge in [-0.25, -0.2) is 0 Å². The van der Waals surface area contributed by atoms with Crippen LogP contribution in [0, 0.1) is 0 Å². The highest BCUT2D eigenvalue weighted by molar-refractivity contribution is 9.10. The van der Waals surface area contributed by atoms with Gasteiger partial charge in [0.2, 0.25) is 0 Å². The van der Waals surface area contributed by atoms with Crippen LogP contribution in [0.5, 0.6) is 5.75 Å². The molecule has 0 fully saturated rings. The lowest BCUT2D eigenvalue weighted by molar-refractivity contribution is 0.465. The molecule has 0 saturated carbocycles. The predicted octanol–water partition coefficient (Wildman–Crippen LogP) is 3.34. The zero-order valence-electron chi connectivity index (χ0n) is 11.3. The maximum absolute atomic E-state index is 11.6. The SMILES string of the molecule is CCCn1cc(NCc2cccc(Br)c2O)ccc1=O. The summed E-state index contributed by atoms with van der Waals surface area (Å²) in [5.41, 5.74) is 1.66. The van der Waals surface area contributed by atoms with Crippen molar-refractivity contribution >= 4 is 21.6 Å². The standard InChI is InChI=1S/C15H17BrN2O2/c1-2-8-18-10-12(6-7-14(18)19)17-9-11-4-3-5-13(16)15(11)20/h3-7,10,17,20H,2,8-9H2,1H3. The van der Waals surface area contributed by atoms with Crippen molar-refractivity contribution in [2.45, 2.75) is 26.4 Å². The van der Waals surface area contributed by atoms with Crippen molar-refractivity contribution in [1.82, 2.24) is 4.57 Å². The van der Waals surface area contributed by atoms with Crippen LogP contribution in [-0.4, -0.2) is 9.67 Å². The number of phenolic OH excluding ortho intramolecular Hbond substituents is 1. The molecule has 0 spiro atoms. The third-order valence-corrected chi connectivity index (χ3v) is 3.64. The van der Waals surface area contributed by atoms with Gasteiger partial charge in [0.1, 0.15) is 5.75 Å². The molecule has 1 heterocycles. The van der Waals surface area contributed by atoms with Crippen LogP contribution in [0.3, 0.4) is 0 Å². The van der Waals surface area contributed by atoms with Gasteiger partial charge < -0.3 is 15.0 Å². The van der Waals surface area contributed by atoms with Gasteiger partial charge >= 0.3 is 0 Å². The van der Waals surface area contributed by atoms with Gasteiger partial charge in [0, 0.05) is 30.9 Å². The molecule has 106 valence electrons. The summed E-state index contributed by atoms with van der Waals surface area (Å²) >= 11 is 3.29. The number of halogens is 1. The minimum absolute atomic E-state index is 0.00250. The van der Waals surface area contributed by atoms with Crippen LogP contribution >= 0.6 is 15.9 Å². The van der Waals surface area contributed by atoms with E-state index in [-0.39, 0.29) is 11.3 Å². The van der Waals surface area contributed by atoms with E-state index in [1.807, 2.05) is 19.1 Å². The number of benzene rings is 1. The van der Waals surface area contributed by atoms with E-state index in [0.29, 0.717) is 17.6 Å². The monoisotopic (exact) mass is 336 g/mol. The number of phenols is 1. The van der Waals surface area contributed by atoms with E-state index in [2.05, 4.69) is 21.2 Å². The number of hydrogen-bond acceptors (Lipinski definition) is 3. The van der Waals surface area contributed by atoms with Crippen LogP contribution in [0.4, 0.5) is 5.69 Å². The second kappa shape index (κ2) is 6.61. The Hall–Kier alpha value is -1.75. The summed E-state index contributed by atoms with van der Waals surface area (Å²) in [6, 6.07) is 8.83. The van der Waals surface area contributed by atoms with Crippen molar-refractivity contribution in [3.8, 4) is 5.75 Å². The fourth-order valence-electron chi connectivity index (χ4n) is 1.95. The summed E-state index contributed by atoms with van der Waals surface area (Å²) in [7, 11) is 0. The Morgan fingerprint density at radius 1 is 1.30 bits per heavy atom. The van der Waals surface area contributed by atoms with Crippen LogP contribution in [0.1, 0.15) is 18.9 Å². The van der Waals surface area contributed by atoms with E-state index < -0.39 is 0 Å². The lowest BCUT2D eigenvalue weighted by atomic mass is 10.2. The molecule has 0 bridgehead atoms. The topological polar surface area (TPSA) is 54.3 Å². The third kappa shape index (κ3) is 3.42. The Bertz CT molecular complexity index is 653. The molecule has 1 aromatic carbocycles. The molecule has 0 saturated heterocycles. The van der Waals surface area contributed by atoms with Crippen LogP contribution in [-0.2, 0) is 13.1 Å². The Morgan fingerprint density at radius 2 is 2.10 bits per heavy atom. The molecule has 0 aliphatic carbocycles. The summed E-state index contributed by atoms with van der Waals surface area (Å²) in [4.78, 5) is 11.6. The van der Waals surface area contributed by atoms with Gasteiger partial charge in [-0.05, 0) is 34.5 Å². The van der Waals surface area contributed by atoms with Crippen molar-refractivity contribution in [2.75, 3.05) is 5.32 Å². The van der Waals surface area contributed by atoms with E-state index >= 15 is 0 Å². The normalized spacial score (nSPS) is 10.5. The number of pyridine rings is 1. The van der Waals surface area contributed by atoms with E-state index in [9.17, 15) is 9.90 Å². The van der Waals surface area contributed by atoms with E-state index in [0.717, 1.165) is 17.7 Å². The number of aryl methyl sites for hydroxylation is 1. The van der Waals surface area contributed by atoms with Crippen molar-refractivity contribution in [1.29, 1.82) is 0 Å². The first kappa shape index (κ1) is 14.7. The Balaban J connectivity index is 2.13. The zero-order valence-corrected chi connectivity index (χ0v) is 12.9. The van der Waals surface area contributed by atoms with Gasteiger partial charge in [-0.2, -0.15) is 0 Å². The van der Waals surface area contributed by atoms with E-state index in [1.165, 1.54) is 0 Å². The molecule has 4 nitrogen and oxygen atoms in total. The van der Waals surface area contributed by atoms with Gasteiger partial charge in [0.25, 0.3) is 5.56 Å². The molecule has 2 rings (SSSR count). The largest absolute Gasteiger partial charge is 0.506 e. The van der Waals surface area contributed by atoms with Gasteiger partial charge in [0.05, 0.1) is 10.2 Å². The van der Waals surface area contributed by atoms with Crippen molar-refractivity contribution in [2.24, 2.45) is 0 Å². The van der Waals surface area contributed by atoms with Crippen LogP contribution in [0.25, 0.3) is 0 Å². The smallest absolute Gasteiger partial charge is 0.250 e. The zero-order chi connectivity index (χ0) is 14.5. The number of para-hydroxylation sites is 1. The van der Waals surface area contributed by atoms with Crippen LogP contribution in [0.2, 0.25) is 0 Å². The summed E-state index contributed by atoms with van der Waals surface area (Å²) < 4.78 is 2.36. The molecule has 5 heteroatoms. The third-order valence-electron chi connectivity index (χ3n) is 3.00. The van der Waals surface area contributed by atoms with Gasteiger partial charge in [-0.3, -0.25) is 4.79 Å². The lowest BCUT2D eigenvalue weighted by Gasteiger charge is -2.11. The first-order chi connectivity index (χ1) is 9.61. The van der Waals surface area contributed by atoms with Crippen LogP contribution in [0.15, 0.2) is 45.8 Å². The molecular formula is C15H17BrN2O2. The lowest BCUT2D eigenvalue weighted by Crippen LogP contribution is -2.18. The number of nitrogens with zero attached hydrogens (tertiary/aromatic N) is 1. The van der Waals surface area contributed by atoms with E-state index in [4.69, 9.17) is 0 Å². The summed E-state index contributed by atoms with van der Waals surface area (Å²) in [5.74, 6) is 0.238. The average Bonchev–Trinajstić information content (AvgIpc) is 2.44. The minimum atomic E-state index is 0.00250. The molecule has 20 heavy (non-hydrogen) atoms. The molecule has 2 aromatic rings. The molecule has 0 atom stereocenters. The molecule has 0 aliphatic rings. The highest BCUT2D eigenvalue weighted by atomic mass is 79.9. The molecule has 0 unspecified atom stereocenters. The second-order valence-electron chi connectivity index (χ2n) is 4.55. The van der Waals surface area contributed by atoms with Crippen molar-refractivity contribution in [3.05, 3.63) is 56.9 Å².